The molecule has 4 nitrogen and oxygen atoms in total. The lowest BCUT2D eigenvalue weighted by atomic mass is 10.1. The van der Waals surface area contributed by atoms with Gasteiger partial charge in [0.05, 0.1) is 5.56 Å². The molecule has 4 heteroatoms. The summed E-state index contributed by atoms with van der Waals surface area (Å²) in [5.41, 5.74) is 2.21. The number of benzene rings is 1. The van der Waals surface area contributed by atoms with Gasteiger partial charge in [-0.1, -0.05) is 5.92 Å². The van der Waals surface area contributed by atoms with Crippen molar-refractivity contribution in [3.63, 3.8) is 0 Å². The van der Waals surface area contributed by atoms with Gasteiger partial charge in [0.25, 0.3) is 5.91 Å². The normalized spacial score (nSPS) is 26.0. The molecule has 4 rings (SSSR count). The van der Waals surface area contributed by atoms with Crippen LogP contribution >= 0.6 is 0 Å². The van der Waals surface area contributed by atoms with Crippen molar-refractivity contribution in [2.24, 2.45) is 5.92 Å². The van der Waals surface area contributed by atoms with Gasteiger partial charge in [0.2, 0.25) is 0 Å². The number of carbonyl (C=O) groups excluding carboxylic acids is 1. The summed E-state index contributed by atoms with van der Waals surface area (Å²) < 4.78 is 5.52. The minimum atomic E-state index is -0.0271. The SMILES string of the molecule is CC#Cc1coc2cc(C(=O)NC3CC4CNC3C4)ccc12. The number of hydrogen-bond acceptors (Lipinski definition) is 3. The Morgan fingerprint density at radius 3 is 3.05 bits per heavy atom. The monoisotopic (exact) mass is 294 g/mol. The van der Waals surface area contributed by atoms with Gasteiger partial charge in [0.1, 0.15) is 11.8 Å². The maximum atomic E-state index is 12.4. The molecule has 2 bridgehead atoms. The fourth-order valence-electron chi connectivity index (χ4n) is 3.67. The van der Waals surface area contributed by atoms with Crippen molar-refractivity contribution in [2.45, 2.75) is 31.8 Å². The lowest BCUT2D eigenvalue weighted by Gasteiger charge is -2.23. The summed E-state index contributed by atoms with van der Waals surface area (Å²) in [5.74, 6) is 6.56. The average Bonchev–Trinajstić information content (AvgIpc) is 3.23. The van der Waals surface area contributed by atoms with Crippen molar-refractivity contribution in [1.29, 1.82) is 0 Å². The van der Waals surface area contributed by atoms with Crippen LogP contribution < -0.4 is 10.6 Å². The molecule has 2 heterocycles. The molecule has 2 aromatic rings. The van der Waals surface area contributed by atoms with Crippen LogP contribution in [0.25, 0.3) is 11.0 Å². The fraction of sp³-hybridized carbons (Fsp3) is 0.389. The molecule has 2 aliphatic rings. The second-order valence-corrected chi connectivity index (χ2v) is 6.17. The summed E-state index contributed by atoms with van der Waals surface area (Å²) >= 11 is 0. The van der Waals surface area contributed by atoms with E-state index >= 15 is 0 Å². The second-order valence-electron chi connectivity index (χ2n) is 6.17. The van der Waals surface area contributed by atoms with Gasteiger partial charge in [0, 0.05) is 23.0 Å². The average molecular weight is 294 g/mol. The first-order valence-corrected chi connectivity index (χ1v) is 7.73. The second kappa shape index (κ2) is 5.19. The Labute approximate surface area is 129 Å². The number of hydrogen-bond donors (Lipinski definition) is 2. The van der Waals surface area contributed by atoms with Crippen LogP contribution in [-0.4, -0.2) is 24.5 Å². The van der Waals surface area contributed by atoms with Gasteiger partial charge in [-0.15, -0.1) is 5.92 Å². The molecule has 3 atom stereocenters. The highest BCUT2D eigenvalue weighted by molar-refractivity contribution is 5.98. The molecule has 2 N–H and O–H groups in total. The van der Waals surface area contributed by atoms with E-state index in [4.69, 9.17) is 4.42 Å². The van der Waals surface area contributed by atoms with Gasteiger partial charge in [-0.2, -0.15) is 0 Å². The Balaban J connectivity index is 1.55. The minimum absolute atomic E-state index is 0.0271. The predicted octanol–water partition coefficient (Wildman–Crippen LogP) is 2.28. The molecule has 0 spiro atoms. The first kappa shape index (κ1) is 13.4. The molecular formula is C18H18N2O2. The largest absolute Gasteiger partial charge is 0.463 e. The highest BCUT2D eigenvalue weighted by Crippen LogP contribution is 2.31. The molecule has 1 saturated heterocycles. The molecular weight excluding hydrogens is 276 g/mol. The van der Waals surface area contributed by atoms with Gasteiger partial charge >= 0.3 is 0 Å². The van der Waals surface area contributed by atoms with E-state index < -0.39 is 0 Å². The van der Waals surface area contributed by atoms with Crippen molar-refractivity contribution in [2.75, 3.05) is 6.54 Å². The smallest absolute Gasteiger partial charge is 0.251 e. The van der Waals surface area contributed by atoms with Crippen LogP contribution in [0.1, 0.15) is 35.7 Å². The number of fused-ring (bicyclic) bond motifs is 3. The van der Waals surface area contributed by atoms with Gasteiger partial charge in [-0.3, -0.25) is 4.79 Å². The molecule has 1 aliphatic heterocycles. The van der Waals surface area contributed by atoms with E-state index in [9.17, 15) is 4.79 Å². The van der Waals surface area contributed by atoms with Crippen LogP contribution in [0, 0.1) is 17.8 Å². The number of rotatable bonds is 2. The summed E-state index contributed by atoms with van der Waals surface area (Å²) in [6.45, 7) is 2.89. The predicted molar refractivity (Wildman–Crippen MR) is 84.5 cm³/mol. The molecule has 1 amide bonds. The third-order valence-electron chi connectivity index (χ3n) is 4.74. The van der Waals surface area contributed by atoms with E-state index in [1.165, 1.54) is 6.42 Å². The lowest BCUT2D eigenvalue weighted by molar-refractivity contribution is 0.0928. The Hall–Kier alpha value is -2.25. The van der Waals surface area contributed by atoms with E-state index in [1.54, 1.807) is 19.3 Å². The summed E-state index contributed by atoms with van der Waals surface area (Å²) in [6, 6.07) is 6.24. The summed E-state index contributed by atoms with van der Waals surface area (Å²) in [6.07, 6.45) is 3.91. The van der Waals surface area contributed by atoms with Gasteiger partial charge < -0.3 is 15.1 Å². The molecule has 22 heavy (non-hydrogen) atoms. The molecule has 112 valence electrons. The third-order valence-corrected chi connectivity index (χ3v) is 4.74. The molecule has 1 saturated carbocycles. The Kier molecular flexibility index (Phi) is 3.16. The van der Waals surface area contributed by atoms with E-state index in [1.807, 2.05) is 12.1 Å². The van der Waals surface area contributed by atoms with Crippen LogP contribution in [0.15, 0.2) is 28.9 Å². The van der Waals surface area contributed by atoms with Crippen molar-refractivity contribution >= 4 is 16.9 Å². The van der Waals surface area contributed by atoms with Crippen LogP contribution in [0.2, 0.25) is 0 Å². The van der Waals surface area contributed by atoms with Crippen molar-refractivity contribution in [3.8, 4) is 11.8 Å². The van der Waals surface area contributed by atoms with Gasteiger partial charge in [-0.25, -0.2) is 0 Å². The zero-order valence-electron chi connectivity index (χ0n) is 12.5. The Bertz CT molecular complexity index is 796. The number of amides is 1. The summed E-state index contributed by atoms with van der Waals surface area (Å²) in [5, 5.41) is 7.57. The molecule has 2 fully saturated rings. The standard InChI is InChI=1S/C18H18N2O2/c1-2-3-13-10-22-17-8-12(4-5-14(13)17)18(21)20-16-7-11-6-15(16)19-9-11/h4-5,8,10-11,15-16,19H,6-7,9H2,1H3,(H,20,21). The van der Waals surface area contributed by atoms with E-state index in [0.717, 1.165) is 29.8 Å². The minimum Gasteiger partial charge on any atom is -0.463 e. The van der Waals surface area contributed by atoms with E-state index in [-0.39, 0.29) is 11.9 Å². The maximum absolute atomic E-state index is 12.4. The lowest BCUT2D eigenvalue weighted by Crippen LogP contribution is -2.47. The van der Waals surface area contributed by atoms with Crippen molar-refractivity contribution < 1.29 is 9.21 Å². The first-order valence-electron chi connectivity index (χ1n) is 7.73. The number of carbonyl (C=O) groups is 1. The number of furan rings is 1. The van der Waals surface area contributed by atoms with Crippen LogP contribution in [0.4, 0.5) is 0 Å². The summed E-state index contributed by atoms with van der Waals surface area (Å²) in [4.78, 5) is 12.4. The first-order chi connectivity index (χ1) is 10.7. The maximum Gasteiger partial charge on any atom is 0.251 e. The zero-order chi connectivity index (χ0) is 15.1. The van der Waals surface area contributed by atoms with Crippen LogP contribution in [0.5, 0.6) is 0 Å². The molecule has 0 radical (unpaired) electrons. The molecule has 1 aromatic heterocycles. The summed E-state index contributed by atoms with van der Waals surface area (Å²) in [7, 11) is 0. The third kappa shape index (κ3) is 2.18. The zero-order valence-corrected chi connectivity index (χ0v) is 12.5. The Morgan fingerprint density at radius 2 is 2.32 bits per heavy atom. The molecule has 1 aromatic carbocycles. The van der Waals surface area contributed by atoms with Gasteiger partial charge in [0.15, 0.2) is 0 Å². The van der Waals surface area contributed by atoms with Crippen LogP contribution in [-0.2, 0) is 0 Å². The van der Waals surface area contributed by atoms with Crippen LogP contribution in [0.3, 0.4) is 0 Å². The highest BCUT2D eigenvalue weighted by Gasteiger charge is 2.40. The van der Waals surface area contributed by atoms with E-state index in [0.29, 0.717) is 17.2 Å². The number of nitrogens with one attached hydrogen (secondary N) is 2. The quantitative estimate of drug-likeness (QED) is 0.836. The van der Waals surface area contributed by atoms with Crippen molar-refractivity contribution in [1.82, 2.24) is 10.6 Å². The van der Waals surface area contributed by atoms with E-state index in [2.05, 4.69) is 22.5 Å². The topological polar surface area (TPSA) is 54.3 Å². The van der Waals surface area contributed by atoms with Gasteiger partial charge in [-0.05, 0) is 50.4 Å². The number of piperidine rings is 1. The van der Waals surface area contributed by atoms with Crippen molar-refractivity contribution in [3.05, 3.63) is 35.6 Å². The highest BCUT2D eigenvalue weighted by atomic mass is 16.3. The molecule has 1 aliphatic carbocycles. The Morgan fingerprint density at radius 1 is 1.41 bits per heavy atom. The fourth-order valence-corrected chi connectivity index (χ4v) is 3.67. The molecule has 3 unspecified atom stereocenters.